The molecule has 2 N–H and O–H groups in total. The van der Waals surface area contributed by atoms with Crippen molar-refractivity contribution in [3.63, 3.8) is 0 Å². The maximum atomic E-state index is 15.8. The first-order chi connectivity index (χ1) is 19.2. The number of carbonyl (C=O) groups excluding carboxylic acids is 1. The standard InChI is InChI=1S/C31H49FN6O2/c1-6-11-23(8-3)34-25(14-9-12-21(4)7-2)27-19-38-30(35-27)36-28(24-20-40-17-15-31(24,5)32)26(37-38)18-22-13-10-16-33-29(22)39/h11,19,21-22,24-25,34H,6-10,12-18,20H2,1-5H3,(H,33,39)/b23-11-. The Labute approximate surface area is 239 Å². The normalized spacial score (nSPS) is 25.6. The van der Waals surface area contributed by atoms with E-state index in [1.165, 1.54) is 18.5 Å². The second kappa shape index (κ2) is 13.9. The summed E-state index contributed by atoms with van der Waals surface area (Å²) in [5, 5.41) is 11.7. The topological polar surface area (TPSA) is 93.4 Å². The Morgan fingerprint density at radius 3 is 2.85 bits per heavy atom. The Morgan fingerprint density at radius 1 is 1.32 bits per heavy atom. The molecule has 5 unspecified atom stereocenters. The highest BCUT2D eigenvalue weighted by Gasteiger charge is 2.42. The molecule has 2 aliphatic rings. The molecule has 8 nitrogen and oxygen atoms in total. The largest absolute Gasteiger partial charge is 0.381 e. The van der Waals surface area contributed by atoms with Gasteiger partial charge in [0, 0.05) is 37.6 Å². The number of carbonyl (C=O) groups is 1. The van der Waals surface area contributed by atoms with E-state index in [4.69, 9.17) is 19.8 Å². The molecule has 2 fully saturated rings. The number of ether oxygens (including phenoxy) is 1. The van der Waals surface area contributed by atoms with Crippen LogP contribution in [0.15, 0.2) is 18.0 Å². The molecule has 5 atom stereocenters. The monoisotopic (exact) mass is 556 g/mol. The lowest BCUT2D eigenvalue weighted by Gasteiger charge is -2.35. The Bertz CT molecular complexity index is 1160. The Kier molecular flexibility index (Phi) is 10.6. The first-order valence-corrected chi connectivity index (χ1v) is 15.5. The number of imidazole rings is 1. The molecular formula is C31H49FN6O2. The molecule has 0 bridgehead atoms. The Hall–Kier alpha value is -2.55. The molecule has 2 aromatic heterocycles. The smallest absolute Gasteiger partial charge is 0.251 e. The van der Waals surface area contributed by atoms with E-state index in [9.17, 15) is 4.79 Å². The lowest BCUT2D eigenvalue weighted by molar-refractivity contribution is -0.126. The summed E-state index contributed by atoms with van der Waals surface area (Å²) in [5.74, 6) is 0.447. The fraction of sp³-hybridized carbons (Fsp3) is 0.742. The van der Waals surface area contributed by atoms with Crippen LogP contribution in [0.5, 0.6) is 0 Å². The van der Waals surface area contributed by atoms with E-state index in [0.717, 1.165) is 44.2 Å². The molecule has 2 saturated heterocycles. The lowest BCUT2D eigenvalue weighted by Crippen LogP contribution is -2.40. The van der Waals surface area contributed by atoms with Gasteiger partial charge in [0.25, 0.3) is 5.78 Å². The van der Waals surface area contributed by atoms with Crippen LogP contribution >= 0.6 is 0 Å². The molecule has 0 radical (unpaired) electrons. The van der Waals surface area contributed by atoms with Gasteiger partial charge in [-0.3, -0.25) is 4.79 Å². The molecule has 0 aliphatic carbocycles. The molecule has 4 rings (SSSR count). The van der Waals surface area contributed by atoms with E-state index in [0.29, 0.717) is 49.1 Å². The van der Waals surface area contributed by atoms with E-state index in [2.05, 4.69) is 44.4 Å². The van der Waals surface area contributed by atoms with Crippen LogP contribution in [0.2, 0.25) is 0 Å². The van der Waals surface area contributed by atoms with Crippen molar-refractivity contribution >= 4 is 11.7 Å². The molecule has 1 amide bonds. The van der Waals surface area contributed by atoms with Crippen LogP contribution in [-0.2, 0) is 16.0 Å². The summed E-state index contributed by atoms with van der Waals surface area (Å²) in [6.07, 6.45) is 13.0. The van der Waals surface area contributed by atoms with Gasteiger partial charge in [0.1, 0.15) is 5.67 Å². The van der Waals surface area contributed by atoms with Gasteiger partial charge in [0.2, 0.25) is 5.91 Å². The molecule has 2 aliphatic heterocycles. The van der Waals surface area contributed by atoms with Gasteiger partial charge in [-0.2, -0.15) is 5.10 Å². The molecule has 0 saturated carbocycles. The number of nitrogens with zero attached hydrogens (tertiary/aromatic N) is 4. The van der Waals surface area contributed by atoms with Crippen LogP contribution in [0.4, 0.5) is 4.39 Å². The fourth-order valence-electron chi connectivity index (χ4n) is 5.87. The van der Waals surface area contributed by atoms with Gasteiger partial charge in [-0.25, -0.2) is 18.9 Å². The number of allylic oxidation sites excluding steroid dienone is 2. The average Bonchev–Trinajstić information content (AvgIpc) is 3.35. The summed E-state index contributed by atoms with van der Waals surface area (Å²) in [5.41, 5.74) is 1.88. The van der Waals surface area contributed by atoms with Crippen molar-refractivity contribution in [3.05, 3.63) is 35.1 Å². The second-order valence-corrected chi connectivity index (χ2v) is 12.0. The SMILES string of the molecule is CC/C=C(/CC)NC(CCCC(C)CC)c1cn2nc(CC3CCCNC3=O)c(C3COCCC3(C)F)nc2n1. The van der Waals surface area contributed by atoms with Gasteiger partial charge in [-0.05, 0) is 44.9 Å². The molecule has 4 heterocycles. The number of halogens is 1. The number of nitrogens with one attached hydrogen (secondary N) is 2. The molecule has 2 aromatic rings. The van der Waals surface area contributed by atoms with Gasteiger partial charge in [0.05, 0.1) is 41.8 Å². The molecular weight excluding hydrogens is 507 g/mol. The van der Waals surface area contributed by atoms with Gasteiger partial charge < -0.3 is 15.4 Å². The summed E-state index contributed by atoms with van der Waals surface area (Å²) in [7, 11) is 0. The van der Waals surface area contributed by atoms with E-state index in [1.54, 1.807) is 11.4 Å². The zero-order valence-corrected chi connectivity index (χ0v) is 25.1. The quantitative estimate of drug-likeness (QED) is 0.315. The first kappa shape index (κ1) is 30.4. The summed E-state index contributed by atoms with van der Waals surface area (Å²) in [6.45, 7) is 11.8. The number of piperidine rings is 1. The van der Waals surface area contributed by atoms with Crippen molar-refractivity contribution in [2.24, 2.45) is 11.8 Å². The van der Waals surface area contributed by atoms with Crippen molar-refractivity contribution in [1.82, 2.24) is 30.2 Å². The van der Waals surface area contributed by atoms with Crippen molar-refractivity contribution in [2.45, 2.75) is 116 Å². The zero-order chi connectivity index (χ0) is 28.7. The van der Waals surface area contributed by atoms with Crippen LogP contribution in [0.1, 0.15) is 121 Å². The number of aromatic nitrogens is 4. The summed E-state index contributed by atoms with van der Waals surface area (Å²) in [6, 6.07) is 0.0331. The minimum Gasteiger partial charge on any atom is -0.381 e. The van der Waals surface area contributed by atoms with Crippen LogP contribution in [-0.4, -0.2) is 50.9 Å². The van der Waals surface area contributed by atoms with Crippen LogP contribution in [0.25, 0.3) is 5.78 Å². The van der Waals surface area contributed by atoms with Crippen molar-refractivity contribution in [2.75, 3.05) is 19.8 Å². The number of hydrogen-bond donors (Lipinski definition) is 2. The number of alkyl halides is 1. The van der Waals surface area contributed by atoms with Gasteiger partial charge in [0.15, 0.2) is 0 Å². The molecule has 40 heavy (non-hydrogen) atoms. The zero-order valence-electron chi connectivity index (χ0n) is 25.1. The lowest BCUT2D eigenvalue weighted by atomic mass is 9.82. The van der Waals surface area contributed by atoms with E-state index in [1.807, 2.05) is 6.20 Å². The van der Waals surface area contributed by atoms with Crippen molar-refractivity contribution in [3.8, 4) is 0 Å². The number of fused-ring (bicyclic) bond motifs is 1. The van der Waals surface area contributed by atoms with Crippen molar-refractivity contribution in [1.29, 1.82) is 0 Å². The minimum absolute atomic E-state index is 0.0331. The number of amides is 1. The van der Waals surface area contributed by atoms with E-state index >= 15 is 4.39 Å². The maximum Gasteiger partial charge on any atom is 0.251 e. The highest BCUT2D eigenvalue weighted by atomic mass is 19.1. The summed E-state index contributed by atoms with van der Waals surface area (Å²) < 4.78 is 23.3. The average molecular weight is 557 g/mol. The third-order valence-electron chi connectivity index (χ3n) is 8.78. The summed E-state index contributed by atoms with van der Waals surface area (Å²) >= 11 is 0. The van der Waals surface area contributed by atoms with E-state index < -0.39 is 11.6 Å². The molecule has 222 valence electrons. The minimum atomic E-state index is -1.47. The van der Waals surface area contributed by atoms with Crippen LogP contribution in [0.3, 0.4) is 0 Å². The van der Waals surface area contributed by atoms with Crippen LogP contribution in [0, 0.1) is 11.8 Å². The Morgan fingerprint density at radius 2 is 2.15 bits per heavy atom. The molecule has 0 spiro atoms. The maximum absolute atomic E-state index is 15.8. The van der Waals surface area contributed by atoms with Gasteiger partial charge in [-0.15, -0.1) is 0 Å². The second-order valence-electron chi connectivity index (χ2n) is 12.0. The highest BCUT2D eigenvalue weighted by Crippen LogP contribution is 2.39. The van der Waals surface area contributed by atoms with Crippen molar-refractivity contribution < 1.29 is 13.9 Å². The predicted molar refractivity (Wildman–Crippen MR) is 156 cm³/mol. The summed E-state index contributed by atoms with van der Waals surface area (Å²) in [4.78, 5) is 22.5. The van der Waals surface area contributed by atoms with E-state index in [-0.39, 0.29) is 24.5 Å². The molecule has 9 heteroatoms. The predicted octanol–water partition coefficient (Wildman–Crippen LogP) is 5.98. The molecule has 0 aromatic carbocycles. The highest BCUT2D eigenvalue weighted by molar-refractivity contribution is 5.79. The fourth-order valence-corrected chi connectivity index (χ4v) is 5.87. The van der Waals surface area contributed by atoms with Crippen LogP contribution < -0.4 is 10.6 Å². The Balaban J connectivity index is 1.71. The third-order valence-corrected chi connectivity index (χ3v) is 8.78. The third kappa shape index (κ3) is 7.39. The number of rotatable bonds is 13. The first-order valence-electron chi connectivity index (χ1n) is 15.5. The van der Waals surface area contributed by atoms with Gasteiger partial charge in [-0.1, -0.05) is 53.0 Å². The van der Waals surface area contributed by atoms with Gasteiger partial charge >= 0.3 is 0 Å². The number of hydrogen-bond acceptors (Lipinski definition) is 6.